The van der Waals surface area contributed by atoms with E-state index in [1.807, 2.05) is 56.3 Å². The van der Waals surface area contributed by atoms with Gasteiger partial charge < -0.3 is 9.64 Å². The molecule has 1 saturated heterocycles. The van der Waals surface area contributed by atoms with Gasteiger partial charge in [0.15, 0.2) is 5.69 Å². The Morgan fingerprint density at radius 3 is 2.29 bits per heavy atom. The first-order valence-corrected chi connectivity index (χ1v) is 9.51. The van der Waals surface area contributed by atoms with E-state index in [1.54, 1.807) is 17.0 Å². The third kappa shape index (κ3) is 3.55. The van der Waals surface area contributed by atoms with Gasteiger partial charge in [0.05, 0.1) is 24.1 Å². The van der Waals surface area contributed by atoms with Crippen molar-refractivity contribution in [2.75, 3.05) is 13.1 Å². The Balaban J connectivity index is 1.80. The van der Waals surface area contributed by atoms with Gasteiger partial charge in [-0.15, -0.1) is 0 Å². The topological polar surface area (TPSA) is 64.4 Å². The van der Waals surface area contributed by atoms with Crippen LogP contribution >= 0.6 is 0 Å². The standard InChI is InChI=1S/C22H23N3O3/c1-15-12-24(13-16(2)28-15)22(27)20-18-10-6-7-11-19(18)21(26)25(23-20)14-17-8-4-3-5-9-17/h3-11,15-16H,12-14H2,1-2H3/t15-,16-/m1/s1. The maximum Gasteiger partial charge on any atom is 0.275 e. The van der Waals surface area contributed by atoms with Gasteiger partial charge in [-0.1, -0.05) is 48.5 Å². The lowest BCUT2D eigenvalue weighted by Crippen LogP contribution is -2.48. The van der Waals surface area contributed by atoms with Gasteiger partial charge in [0.2, 0.25) is 0 Å². The fraction of sp³-hybridized carbons (Fsp3) is 0.318. The Kier molecular flexibility index (Phi) is 4.96. The molecule has 1 fully saturated rings. The van der Waals surface area contributed by atoms with Crippen LogP contribution in [0.5, 0.6) is 0 Å². The minimum absolute atomic E-state index is 0.0332. The zero-order valence-electron chi connectivity index (χ0n) is 16.0. The summed E-state index contributed by atoms with van der Waals surface area (Å²) < 4.78 is 7.13. The fourth-order valence-electron chi connectivity index (χ4n) is 3.75. The summed E-state index contributed by atoms with van der Waals surface area (Å²) in [7, 11) is 0. The second kappa shape index (κ2) is 7.56. The molecule has 0 bridgehead atoms. The van der Waals surface area contributed by atoms with Crippen LogP contribution in [-0.4, -0.2) is 45.9 Å². The number of aromatic nitrogens is 2. The lowest BCUT2D eigenvalue weighted by Gasteiger charge is -2.35. The number of fused-ring (bicyclic) bond motifs is 1. The van der Waals surface area contributed by atoms with Crippen molar-refractivity contribution in [1.29, 1.82) is 0 Å². The average Bonchev–Trinajstić information content (AvgIpc) is 2.70. The van der Waals surface area contributed by atoms with Crippen LogP contribution in [0.3, 0.4) is 0 Å². The average molecular weight is 377 g/mol. The molecule has 0 radical (unpaired) electrons. The number of morpholine rings is 1. The van der Waals surface area contributed by atoms with Gasteiger partial charge in [-0.2, -0.15) is 5.10 Å². The number of carbonyl (C=O) groups is 1. The van der Waals surface area contributed by atoms with Crippen LogP contribution in [0, 0.1) is 0 Å². The van der Waals surface area contributed by atoms with Crippen molar-refractivity contribution in [3.63, 3.8) is 0 Å². The molecule has 6 nitrogen and oxygen atoms in total. The quantitative estimate of drug-likeness (QED) is 0.704. The first-order valence-electron chi connectivity index (χ1n) is 9.51. The van der Waals surface area contributed by atoms with Gasteiger partial charge in [0.25, 0.3) is 11.5 Å². The van der Waals surface area contributed by atoms with Crippen LogP contribution in [0.25, 0.3) is 10.8 Å². The first kappa shape index (κ1) is 18.4. The SMILES string of the molecule is C[C@@H]1CN(C(=O)c2nn(Cc3ccccc3)c(=O)c3ccccc23)C[C@@H](C)O1. The van der Waals surface area contributed by atoms with Crippen LogP contribution in [0.1, 0.15) is 29.9 Å². The molecule has 0 spiro atoms. The Labute approximate surface area is 163 Å². The zero-order chi connectivity index (χ0) is 19.7. The molecule has 6 heteroatoms. The van der Waals surface area contributed by atoms with Crippen LogP contribution in [0.15, 0.2) is 59.4 Å². The monoisotopic (exact) mass is 377 g/mol. The van der Waals surface area contributed by atoms with E-state index in [0.29, 0.717) is 36.1 Å². The molecule has 0 saturated carbocycles. The van der Waals surface area contributed by atoms with E-state index in [9.17, 15) is 9.59 Å². The molecule has 1 aromatic heterocycles. The van der Waals surface area contributed by atoms with E-state index < -0.39 is 0 Å². The highest BCUT2D eigenvalue weighted by molar-refractivity contribution is 6.04. The van der Waals surface area contributed by atoms with Gasteiger partial charge in [0.1, 0.15) is 0 Å². The fourth-order valence-corrected chi connectivity index (χ4v) is 3.75. The second-order valence-electron chi connectivity index (χ2n) is 7.31. The second-order valence-corrected chi connectivity index (χ2v) is 7.31. The Bertz CT molecular complexity index is 1050. The molecule has 4 rings (SSSR count). The Morgan fingerprint density at radius 2 is 1.61 bits per heavy atom. The highest BCUT2D eigenvalue weighted by atomic mass is 16.5. The zero-order valence-corrected chi connectivity index (χ0v) is 16.0. The number of ether oxygens (including phenoxy) is 1. The Morgan fingerprint density at radius 1 is 1.00 bits per heavy atom. The van der Waals surface area contributed by atoms with Crippen molar-refractivity contribution in [3.05, 3.63) is 76.2 Å². The van der Waals surface area contributed by atoms with Crippen LogP contribution < -0.4 is 5.56 Å². The summed E-state index contributed by atoms with van der Waals surface area (Å²) in [6, 6.07) is 16.8. The van der Waals surface area contributed by atoms with Gasteiger partial charge in [0, 0.05) is 18.5 Å². The lowest BCUT2D eigenvalue weighted by molar-refractivity contribution is -0.0587. The number of hydrogen-bond acceptors (Lipinski definition) is 4. The van der Waals surface area contributed by atoms with Crippen molar-refractivity contribution >= 4 is 16.7 Å². The molecule has 3 aromatic rings. The number of carbonyl (C=O) groups excluding carboxylic acids is 1. The number of amides is 1. The molecule has 144 valence electrons. The third-order valence-electron chi connectivity index (χ3n) is 4.95. The summed E-state index contributed by atoms with van der Waals surface area (Å²) in [6.45, 7) is 5.25. The molecule has 1 aliphatic rings. The first-order chi connectivity index (χ1) is 13.5. The number of hydrogen-bond donors (Lipinski definition) is 0. The molecular formula is C22H23N3O3. The highest BCUT2D eigenvalue weighted by Crippen LogP contribution is 2.19. The molecule has 1 amide bonds. The maximum atomic E-state index is 13.3. The predicted molar refractivity (Wildman–Crippen MR) is 107 cm³/mol. The van der Waals surface area contributed by atoms with Crippen molar-refractivity contribution in [2.45, 2.75) is 32.6 Å². The molecule has 28 heavy (non-hydrogen) atoms. The smallest absolute Gasteiger partial charge is 0.275 e. The van der Waals surface area contributed by atoms with Crippen molar-refractivity contribution in [1.82, 2.24) is 14.7 Å². The predicted octanol–water partition coefficient (Wildman–Crippen LogP) is 2.69. The minimum atomic E-state index is -0.195. The van der Waals surface area contributed by atoms with Crippen molar-refractivity contribution in [2.24, 2.45) is 0 Å². The summed E-state index contributed by atoms with van der Waals surface area (Å²) in [6.07, 6.45) is -0.0663. The molecule has 2 aromatic carbocycles. The molecule has 0 unspecified atom stereocenters. The van der Waals surface area contributed by atoms with Gasteiger partial charge >= 0.3 is 0 Å². The van der Waals surface area contributed by atoms with E-state index >= 15 is 0 Å². The summed E-state index contributed by atoms with van der Waals surface area (Å²) in [5, 5.41) is 5.59. The molecule has 0 aliphatic carbocycles. The summed E-state index contributed by atoms with van der Waals surface area (Å²) >= 11 is 0. The van der Waals surface area contributed by atoms with E-state index in [2.05, 4.69) is 5.10 Å². The van der Waals surface area contributed by atoms with Crippen molar-refractivity contribution in [3.8, 4) is 0 Å². The largest absolute Gasteiger partial charge is 0.372 e. The summed E-state index contributed by atoms with van der Waals surface area (Å²) in [4.78, 5) is 28.0. The van der Waals surface area contributed by atoms with E-state index in [0.717, 1.165) is 5.56 Å². The van der Waals surface area contributed by atoms with E-state index in [4.69, 9.17) is 4.74 Å². The minimum Gasteiger partial charge on any atom is -0.372 e. The van der Waals surface area contributed by atoms with Gasteiger partial charge in [-0.05, 0) is 25.5 Å². The normalized spacial score (nSPS) is 19.7. The number of rotatable bonds is 3. The van der Waals surface area contributed by atoms with Gasteiger partial charge in [-0.3, -0.25) is 9.59 Å². The maximum absolute atomic E-state index is 13.3. The summed E-state index contributed by atoms with van der Waals surface area (Å²) in [5.74, 6) is -0.167. The van der Waals surface area contributed by atoms with E-state index in [1.165, 1.54) is 4.68 Å². The van der Waals surface area contributed by atoms with Crippen molar-refractivity contribution < 1.29 is 9.53 Å². The number of nitrogens with zero attached hydrogens (tertiary/aromatic N) is 3. The Hall–Kier alpha value is -2.99. The molecule has 2 heterocycles. The van der Waals surface area contributed by atoms with Crippen LogP contribution in [0.4, 0.5) is 0 Å². The van der Waals surface area contributed by atoms with Crippen LogP contribution in [0.2, 0.25) is 0 Å². The lowest BCUT2D eigenvalue weighted by atomic mass is 10.1. The highest BCUT2D eigenvalue weighted by Gasteiger charge is 2.29. The number of benzene rings is 2. The van der Waals surface area contributed by atoms with Crippen LogP contribution in [-0.2, 0) is 11.3 Å². The molecule has 1 aliphatic heterocycles. The molecule has 0 N–H and O–H groups in total. The van der Waals surface area contributed by atoms with Gasteiger partial charge in [-0.25, -0.2) is 4.68 Å². The summed E-state index contributed by atoms with van der Waals surface area (Å²) in [5.41, 5.74) is 1.08. The molecule has 2 atom stereocenters. The van der Waals surface area contributed by atoms with E-state index in [-0.39, 0.29) is 23.7 Å². The third-order valence-corrected chi connectivity index (χ3v) is 4.95. The molecular weight excluding hydrogens is 354 g/mol.